The molecule has 0 saturated heterocycles. The summed E-state index contributed by atoms with van der Waals surface area (Å²) < 4.78 is 4.69. The van der Waals surface area contributed by atoms with E-state index in [0.29, 0.717) is 10.7 Å². The molecule has 0 aromatic heterocycles. The molecule has 0 aliphatic heterocycles. The number of anilines is 1. The van der Waals surface area contributed by atoms with E-state index in [9.17, 15) is 4.79 Å². The average molecular weight is 373 g/mol. The summed E-state index contributed by atoms with van der Waals surface area (Å²) in [6.45, 7) is 4.25. The number of carbonyl (C=O) groups excluding carboxylic acids is 1. The lowest BCUT2D eigenvalue weighted by Crippen LogP contribution is -2.35. The number of esters is 1. The molecule has 0 amide bonds. The van der Waals surface area contributed by atoms with E-state index in [1.54, 1.807) is 0 Å². The Hall–Kier alpha value is -2.33. The predicted molar refractivity (Wildman–Crippen MR) is 107 cm³/mol. The van der Waals surface area contributed by atoms with Gasteiger partial charge in [0.15, 0.2) is 0 Å². The largest absolute Gasteiger partial charge is 0.468 e. The second-order valence-corrected chi connectivity index (χ2v) is 6.58. The number of ether oxygens (including phenoxy) is 1. The quantitative estimate of drug-likeness (QED) is 0.503. The highest BCUT2D eigenvalue weighted by atomic mass is 35.5. The SMILES string of the molecule is CCC(CC)(C(=N)c1ccccc1NCC(=O)OC)c1ccc(Cl)cc1. The fourth-order valence-corrected chi connectivity index (χ4v) is 3.40. The summed E-state index contributed by atoms with van der Waals surface area (Å²) in [5.74, 6) is -0.346. The van der Waals surface area contributed by atoms with Crippen molar-refractivity contribution < 1.29 is 9.53 Å². The van der Waals surface area contributed by atoms with Gasteiger partial charge in [0, 0.05) is 21.7 Å². The number of carbonyl (C=O) groups is 1. The van der Waals surface area contributed by atoms with Gasteiger partial charge < -0.3 is 15.5 Å². The molecule has 2 aromatic rings. The number of para-hydroxylation sites is 1. The number of benzene rings is 2. The molecule has 0 heterocycles. The van der Waals surface area contributed by atoms with Crippen LogP contribution < -0.4 is 5.32 Å². The summed E-state index contributed by atoms with van der Waals surface area (Å²) in [6, 6.07) is 15.3. The minimum absolute atomic E-state index is 0.0625. The minimum Gasteiger partial charge on any atom is -0.468 e. The number of hydrogen-bond acceptors (Lipinski definition) is 4. The summed E-state index contributed by atoms with van der Waals surface area (Å²) in [6.07, 6.45) is 1.57. The van der Waals surface area contributed by atoms with Crippen molar-refractivity contribution in [2.75, 3.05) is 19.0 Å². The smallest absolute Gasteiger partial charge is 0.325 e. The molecule has 138 valence electrons. The molecule has 0 unspecified atom stereocenters. The van der Waals surface area contributed by atoms with E-state index in [-0.39, 0.29) is 12.5 Å². The maximum absolute atomic E-state index is 11.5. The Morgan fingerprint density at radius 3 is 2.31 bits per heavy atom. The minimum atomic E-state index is -0.423. The van der Waals surface area contributed by atoms with E-state index in [1.807, 2.05) is 48.5 Å². The van der Waals surface area contributed by atoms with Crippen molar-refractivity contribution in [3.05, 3.63) is 64.7 Å². The second-order valence-electron chi connectivity index (χ2n) is 6.15. The third kappa shape index (κ3) is 4.07. The zero-order valence-corrected chi connectivity index (χ0v) is 16.2. The van der Waals surface area contributed by atoms with E-state index < -0.39 is 5.41 Å². The van der Waals surface area contributed by atoms with Crippen molar-refractivity contribution in [2.24, 2.45) is 0 Å². The molecule has 2 aromatic carbocycles. The second kappa shape index (κ2) is 8.86. The molecule has 0 aliphatic carbocycles. The molecule has 4 nitrogen and oxygen atoms in total. The van der Waals surface area contributed by atoms with Crippen molar-refractivity contribution >= 4 is 29.0 Å². The Morgan fingerprint density at radius 2 is 1.73 bits per heavy atom. The van der Waals surface area contributed by atoms with Crippen LogP contribution in [0.3, 0.4) is 0 Å². The van der Waals surface area contributed by atoms with E-state index in [2.05, 4.69) is 19.2 Å². The highest BCUT2D eigenvalue weighted by Crippen LogP contribution is 2.37. The maximum atomic E-state index is 11.5. The van der Waals surface area contributed by atoms with Crippen molar-refractivity contribution in [1.29, 1.82) is 5.41 Å². The Balaban J connectivity index is 2.44. The summed E-state index contributed by atoms with van der Waals surface area (Å²) in [5, 5.41) is 12.8. The topological polar surface area (TPSA) is 62.2 Å². The molecule has 0 fully saturated rings. The number of methoxy groups -OCH3 is 1. The first-order valence-corrected chi connectivity index (χ1v) is 9.11. The summed E-state index contributed by atoms with van der Waals surface area (Å²) in [7, 11) is 1.36. The fourth-order valence-electron chi connectivity index (χ4n) is 3.28. The Bertz CT molecular complexity index is 768. The van der Waals surface area contributed by atoms with Gasteiger partial charge in [-0.3, -0.25) is 4.79 Å². The van der Waals surface area contributed by atoms with Gasteiger partial charge in [0.25, 0.3) is 0 Å². The molecular formula is C21H25ClN2O2. The average Bonchev–Trinajstić information content (AvgIpc) is 2.68. The Labute approximate surface area is 160 Å². The van der Waals surface area contributed by atoms with Crippen LogP contribution in [0.25, 0.3) is 0 Å². The number of hydrogen-bond donors (Lipinski definition) is 2. The lowest BCUT2D eigenvalue weighted by molar-refractivity contribution is -0.138. The van der Waals surface area contributed by atoms with Crippen LogP contribution in [0.15, 0.2) is 48.5 Å². The van der Waals surface area contributed by atoms with E-state index in [0.717, 1.165) is 29.7 Å². The van der Waals surface area contributed by atoms with Gasteiger partial charge >= 0.3 is 5.97 Å². The van der Waals surface area contributed by atoms with Crippen LogP contribution in [-0.2, 0) is 14.9 Å². The van der Waals surface area contributed by atoms with Crippen LogP contribution in [-0.4, -0.2) is 25.3 Å². The lowest BCUT2D eigenvalue weighted by Gasteiger charge is -2.34. The van der Waals surface area contributed by atoms with E-state index in [1.165, 1.54) is 7.11 Å². The monoisotopic (exact) mass is 372 g/mol. The zero-order chi connectivity index (χ0) is 19.2. The van der Waals surface area contributed by atoms with Crippen LogP contribution in [0.4, 0.5) is 5.69 Å². The summed E-state index contributed by atoms with van der Waals surface area (Å²) in [4.78, 5) is 11.5. The normalized spacial score (nSPS) is 11.1. The van der Waals surface area contributed by atoms with E-state index in [4.69, 9.17) is 21.7 Å². The third-order valence-corrected chi connectivity index (χ3v) is 5.18. The van der Waals surface area contributed by atoms with Crippen LogP contribution in [0.5, 0.6) is 0 Å². The van der Waals surface area contributed by atoms with Crippen molar-refractivity contribution in [2.45, 2.75) is 32.1 Å². The van der Waals surface area contributed by atoms with Gasteiger partial charge in [-0.1, -0.05) is 55.8 Å². The summed E-state index contributed by atoms with van der Waals surface area (Å²) >= 11 is 6.05. The molecular weight excluding hydrogens is 348 g/mol. The van der Waals surface area contributed by atoms with Crippen LogP contribution in [0, 0.1) is 5.41 Å². The van der Waals surface area contributed by atoms with Crippen LogP contribution in [0.1, 0.15) is 37.8 Å². The predicted octanol–water partition coefficient (Wildman–Crippen LogP) is 5.05. The maximum Gasteiger partial charge on any atom is 0.325 e. The molecule has 2 N–H and O–H groups in total. The lowest BCUT2D eigenvalue weighted by atomic mass is 9.70. The van der Waals surface area contributed by atoms with Gasteiger partial charge in [-0.25, -0.2) is 0 Å². The molecule has 2 rings (SSSR count). The van der Waals surface area contributed by atoms with Crippen LogP contribution >= 0.6 is 11.6 Å². The van der Waals surface area contributed by atoms with Crippen LogP contribution in [0.2, 0.25) is 5.02 Å². The molecule has 0 spiro atoms. The summed E-state index contributed by atoms with van der Waals surface area (Å²) in [5.41, 5.74) is 2.71. The standard InChI is InChI=1S/C21H25ClN2O2/c1-4-21(5-2,15-10-12-16(22)13-11-15)20(23)17-8-6-7-9-18(17)24-14-19(25)26-3/h6-13,23-24H,4-5,14H2,1-3H3. The Morgan fingerprint density at radius 1 is 1.12 bits per heavy atom. The Kier molecular flexibility index (Phi) is 6.81. The highest BCUT2D eigenvalue weighted by Gasteiger charge is 2.35. The first-order chi connectivity index (χ1) is 12.5. The molecule has 26 heavy (non-hydrogen) atoms. The fraction of sp³-hybridized carbons (Fsp3) is 0.333. The molecule has 0 bridgehead atoms. The third-order valence-electron chi connectivity index (χ3n) is 4.93. The van der Waals surface area contributed by atoms with Gasteiger partial charge in [-0.05, 0) is 36.6 Å². The first kappa shape index (κ1) is 20.0. The van der Waals surface area contributed by atoms with Gasteiger partial charge in [-0.15, -0.1) is 0 Å². The van der Waals surface area contributed by atoms with Gasteiger partial charge in [0.05, 0.1) is 12.8 Å². The molecule has 5 heteroatoms. The van der Waals surface area contributed by atoms with E-state index >= 15 is 0 Å². The molecule has 0 aliphatic rings. The number of nitrogens with one attached hydrogen (secondary N) is 2. The van der Waals surface area contributed by atoms with Gasteiger partial charge in [0.2, 0.25) is 0 Å². The van der Waals surface area contributed by atoms with Crippen molar-refractivity contribution in [1.82, 2.24) is 0 Å². The van der Waals surface area contributed by atoms with Crippen molar-refractivity contribution in [3.63, 3.8) is 0 Å². The van der Waals surface area contributed by atoms with Crippen molar-refractivity contribution in [3.8, 4) is 0 Å². The zero-order valence-electron chi connectivity index (χ0n) is 15.4. The molecule has 0 atom stereocenters. The van der Waals surface area contributed by atoms with Gasteiger partial charge in [-0.2, -0.15) is 0 Å². The molecule has 0 saturated carbocycles. The highest BCUT2D eigenvalue weighted by molar-refractivity contribution is 6.30. The molecule has 0 radical (unpaired) electrons. The first-order valence-electron chi connectivity index (χ1n) is 8.73. The number of rotatable bonds is 8. The number of halogens is 1. The van der Waals surface area contributed by atoms with Gasteiger partial charge in [0.1, 0.15) is 6.54 Å².